The molecule has 0 spiro atoms. The van der Waals surface area contributed by atoms with Gasteiger partial charge in [0.2, 0.25) is 5.13 Å². The lowest BCUT2D eigenvalue weighted by molar-refractivity contribution is -0.384. The van der Waals surface area contributed by atoms with Crippen LogP contribution >= 0.6 is 11.3 Å². The Morgan fingerprint density at radius 2 is 1.82 bits per heavy atom. The fraction of sp³-hybridized carbons (Fsp3) is 0.120. The smallest absolute Gasteiger partial charge is 0.258 e. The summed E-state index contributed by atoms with van der Waals surface area (Å²) in [4.78, 5) is 15.6. The fourth-order valence-electron chi connectivity index (χ4n) is 3.83. The van der Waals surface area contributed by atoms with Crippen LogP contribution in [0, 0.1) is 22.9 Å². The first-order chi connectivity index (χ1) is 16.0. The third-order valence-corrected chi connectivity index (χ3v) is 6.42. The van der Waals surface area contributed by atoms with Crippen LogP contribution in [0.25, 0.3) is 11.3 Å². The largest absolute Gasteiger partial charge is 0.270 e. The van der Waals surface area contributed by atoms with E-state index in [0.717, 1.165) is 22.5 Å². The molecule has 0 N–H and O–H groups in total. The number of non-ortho nitro benzene ring substituents is 1. The summed E-state index contributed by atoms with van der Waals surface area (Å²) in [5.41, 5.74) is 5.37. The van der Waals surface area contributed by atoms with Gasteiger partial charge in [-0.2, -0.15) is 5.10 Å². The van der Waals surface area contributed by atoms with Crippen LogP contribution in [0.4, 0.5) is 15.2 Å². The normalized spacial score (nSPS) is 15.5. The van der Waals surface area contributed by atoms with E-state index in [1.54, 1.807) is 18.2 Å². The number of nitrogens with zero attached hydrogens (tertiary/aromatic N) is 4. The average Bonchev–Trinajstić information content (AvgIpc) is 3.48. The Morgan fingerprint density at radius 3 is 2.55 bits per heavy atom. The van der Waals surface area contributed by atoms with Gasteiger partial charge in [-0.1, -0.05) is 54.1 Å². The van der Waals surface area contributed by atoms with E-state index in [1.165, 1.54) is 41.2 Å². The molecule has 0 unspecified atom stereocenters. The highest BCUT2D eigenvalue weighted by molar-refractivity contribution is 7.14. The van der Waals surface area contributed by atoms with E-state index in [2.05, 4.69) is 0 Å². The number of hydrazone groups is 1. The van der Waals surface area contributed by atoms with Crippen molar-refractivity contribution in [1.82, 2.24) is 4.98 Å². The zero-order valence-electron chi connectivity index (χ0n) is 17.7. The molecule has 1 aliphatic rings. The van der Waals surface area contributed by atoms with Gasteiger partial charge in [-0.3, -0.25) is 10.1 Å². The van der Waals surface area contributed by atoms with E-state index < -0.39 is 4.92 Å². The van der Waals surface area contributed by atoms with Crippen LogP contribution in [0.5, 0.6) is 0 Å². The SMILES string of the molecule is Cc1ccc(-c2csc(N3N=C(c4cccc([N+](=O)[O-])c4)C[C@@H]3c3ccc(F)cc3)n2)cc1. The minimum atomic E-state index is -0.414. The van der Waals surface area contributed by atoms with Gasteiger partial charge in [0.1, 0.15) is 5.82 Å². The lowest BCUT2D eigenvalue weighted by Gasteiger charge is -2.21. The lowest BCUT2D eigenvalue weighted by atomic mass is 9.98. The Balaban J connectivity index is 1.54. The number of benzene rings is 3. The van der Waals surface area contributed by atoms with Crippen LogP contribution in [0.2, 0.25) is 0 Å². The van der Waals surface area contributed by atoms with Gasteiger partial charge in [-0.25, -0.2) is 14.4 Å². The highest BCUT2D eigenvalue weighted by Gasteiger charge is 2.32. The van der Waals surface area contributed by atoms with Crippen LogP contribution in [0.1, 0.15) is 29.2 Å². The summed E-state index contributed by atoms with van der Waals surface area (Å²) < 4.78 is 13.6. The monoisotopic (exact) mass is 458 g/mol. The maximum atomic E-state index is 13.6. The zero-order chi connectivity index (χ0) is 22.9. The van der Waals surface area contributed by atoms with Crippen molar-refractivity contribution in [3.63, 3.8) is 0 Å². The molecule has 1 atom stereocenters. The number of nitro benzene ring substituents is 1. The van der Waals surface area contributed by atoms with Crippen molar-refractivity contribution in [3.8, 4) is 11.3 Å². The quantitative estimate of drug-likeness (QED) is 0.252. The molecule has 3 aromatic carbocycles. The number of hydrogen-bond donors (Lipinski definition) is 0. The maximum absolute atomic E-state index is 13.6. The van der Waals surface area contributed by atoms with Crippen LogP contribution < -0.4 is 5.01 Å². The number of rotatable bonds is 5. The van der Waals surface area contributed by atoms with E-state index in [4.69, 9.17) is 10.1 Å². The summed E-state index contributed by atoms with van der Waals surface area (Å²) in [6, 6.07) is 20.8. The van der Waals surface area contributed by atoms with Crippen LogP contribution in [-0.4, -0.2) is 15.6 Å². The highest BCUT2D eigenvalue weighted by Crippen LogP contribution is 2.39. The molecule has 0 saturated heterocycles. The molecule has 2 heterocycles. The van der Waals surface area contributed by atoms with Crippen LogP contribution in [0.3, 0.4) is 0 Å². The Kier molecular flexibility index (Phi) is 5.43. The van der Waals surface area contributed by atoms with Crippen LogP contribution in [-0.2, 0) is 0 Å². The van der Waals surface area contributed by atoms with Crippen molar-refractivity contribution in [2.24, 2.45) is 5.10 Å². The third kappa shape index (κ3) is 4.25. The highest BCUT2D eigenvalue weighted by atomic mass is 32.1. The Labute approximate surface area is 193 Å². The molecule has 1 aromatic heterocycles. The number of hydrogen-bond acceptors (Lipinski definition) is 6. The standard InChI is InChI=1S/C25H19FN4O2S/c1-16-5-7-17(8-6-16)23-15-33-25(27-23)29-24(18-9-11-20(26)12-10-18)14-22(28-29)19-3-2-4-21(13-19)30(31)32/h2-13,15,24H,14H2,1H3/t24-/m1/s1. The first-order valence-electron chi connectivity index (χ1n) is 10.4. The van der Waals surface area contributed by atoms with E-state index >= 15 is 0 Å². The number of aryl methyl sites for hydroxylation is 1. The number of nitro groups is 1. The fourth-order valence-corrected chi connectivity index (χ4v) is 4.66. The summed E-state index contributed by atoms with van der Waals surface area (Å²) in [5.74, 6) is -0.306. The van der Waals surface area contributed by atoms with E-state index in [1.807, 2.05) is 47.6 Å². The van der Waals surface area contributed by atoms with Crippen molar-refractivity contribution in [2.75, 3.05) is 5.01 Å². The van der Waals surface area contributed by atoms with E-state index in [-0.39, 0.29) is 17.5 Å². The topological polar surface area (TPSA) is 71.6 Å². The predicted molar refractivity (Wildman–Crippen MR) is 128 cm³/mol. The molecular weight excluding hydrogens is 439 g/mol. The second kappa shape index (κ2) is 8.55. The summed E-state index contributed by atoms with van der Waals surface area (Å²) >= 11 is 1.48. The Morgan fingerprint density at radius 1 is 1.06 bits per heavy atom. The molecule has 0 radical (unpaired) electrons. The molecule has 4 aromatic rings. The molecule has 164 valence electrons. The molecule has 0 bridgehead atoms. The molecule has 0 aliphatic carbocycles. The number of thiazole rings is 1. The number of aromatic nitrogens is 1. The minimum Gasteiger partial charge on any atom is -0.258 e. The third-order valence-electron chi connectivity index (χ3n) is 5.59. The van der Waals surface area contributed by atoms with Gasteiger partial charge in [0.15, 0.2) is 0 Å². The second-order valence-electron chi connectivity index (χ2n) is 7.85. The van der Waals surface area contributed by atoms with Gasteiger partial charge < -0.3 is 0 Å². The molecule has 1 aliphatic heterocycles. The summed E-state index contributed by atoms with van der Waals surface area (Å²) in [5, 5.41) is 20.6. The van der Waals surface area contributed by atoms with Gasteiger partial charge in [0.25, 0.3) is 5.69 Å². The zero-order valence-corrected chi connectivity index (χ0v) is 18.5. The van der Waals surface area contributed by atoms with Crippen molar-refractivity contribution in [1.29, 1.82) is 0 Å². The molecular formula is C25H19FN4O2S. The van der Waals surface area contributed by atoms with Crippen molar-refractivity contribution < 1.29 is 9.31 Å². The lowest BCUT2D eigenvalue weighted by Crippen LogP contribution is -2.18. The summed E-state index contributed by atoms with van der Waals surface area (Å²) in [6.07, 6.45) is 0.520. The Hall–Kier alpha value is -3.91. The van der Waals surface area contributed by atoms with Crippen molar-refractivity contribution >= 4 is 27.9 Å². The van der Waals surface area contributed by atoms with Gasteiger partial charge >= 0.3 is 0 Å². The molecule has 0 amide bonds. The maximum Gasteiger partial charge on any atom is 0.270 e. The van der Waals surface area contributed by atoms with Crippen LogP contribution in [0.15, 0.2) is 83.3 Å². The van der Waals surface area contributed by atoms with Gasteiger partial charge in [-0.05, 0) is 24.6 Å². The molecule has 0 fully saturated rings. The molecule has 6 nitrogen and oxygen atoms in total. The first kappa shape index (κ1) is 21.0. The van der Waals surface area contributed by atoms with Gasteiger partial charge in [0.05, 0.1) is 22.4 Å². The summed E-state index contributed by atoms with van der Waals surface area (Å²) in [7, 11) is 0. The molecule has 0 saturated carbocycles. The average molecular weight is 459 g/mol. The van der Waals surface area contributed by atoms with Crippen molar-refractivity contribution in [3.05, 3.63) is 111 Å². The molecule has 8 heteroatoms. The number of anilines is 1. The predicted octanol–water partition coefficient (Wildman–Crippen LogP) is 6.52. The molecule has 33 heavy (non-hydrogen) atoms. The van der Waals surface area contributed by atoms with Crippen molar-refractivity contribution in [2.45, 2.75) is 19.4 Å². The number of halogens is 1. The van der Waals surface area contributed by atoms with Gasteiger partial charge in [0, 0.05) is 35.1 Å². The summed E-state index contributed by atoms with van der Waals surface area (Å²) in [6.45, 7) is 2.04. The minimum absolute atomic E-state index is 0.0166. The second-order valence-corrected chi connectivity index (χ2v) is 8.69. The van der Waals surface area contributed by atoms with E-state index in [9.17, 15) is 14.5 Å². The first-order valence-corrected chi connectivity index (χ1v) is 11.3. The molecule has 5 rings (SSSR count). The van der Waals surface area contributed by atoms with E-state index in [0.29, 0.717) is 17.1 Å². The van der Waals surface area contributed by atoms with Gasteiger partial charge in [-0.15, -0.1) is 11.3 Å². The Bertz CT molecular complexity index is 1350.